The van der Waals surface area contributed by atoms with Crippen LogP contribution in [0, 0.1) is 13.8 Å². The van der Waals surface area contributed by atoms with E-state index in [1.807, 2.05) is 30.4 Å². The Labute approximate surface area is 130 Å². The van der Waals surface area contributed by atoms with Crippen LogP contribution >= 0.6 is 0 Å². The average molecular weight is 290 g/mol. The van der Waals surface area contributed by atoms with Crippen molar-refractivity contribution < 1.29 is 4.52 Å². The van der Waals surface area contributed by atoms with Crippen LogP contribution in [-0.2, 0) is 6.42 Å². The van der Waals surface area contributed by atoms with E-state index in [0.717, 1.165) is 5.56 Å². The Morgan fingerprint density at radius 1 is 0.955 bits per heavy atom. The third-order valence-corrected chi connectivity index (χ3v) is 3.35. The highest BCUT2D eigenvalue weighted by atomic mass is 16.5. The predicted molar refractivity (Wildman–Crippen MR) is 88.4 cm³/mol. The van der Waals surface area contributed by atoms with Crippen molar-refractivity contribution in [1.82, 2.24) is 10.1 Å². The normalized spacial score (nSPS) is 11.2. The van der Waals surface area contributed by atoms with Crippen molar-refractivity contribution in [3.8, 4) is 0 Å². The number of nitrogens with zero attached hydrogens (tertiary/aromatic N) is 2. The zero-order chi connectivity index (χ0) is 15.4. The van der Waals surface area contributed by atoms with Crippen LogP contribution in [0.5, 0.6) is 0 Å². The molecule has 0 saturated carbocycles. The van der Waals surface area contributed by atoms with Crippen molar-refractivity contribution in [3.63, 3.8) is 0 Å². The molecule has 0 spiro atoms. The van der Waals surface area contributed by atoms with Gasteiger partial charge in [-0.2, -0.15) is 4.98 Å². The molecule has 3 aromatic rings. The van der Waals surface area contributed by atoms with Gasteiger partial charge in [0.2, 0.25) is 0 Å². The molecule has 22 heavy (non-hydrogen) atoms. The molecule has 1 aromatic heterocycles. The molecule has 0 N–H and O–H groups in total. The fourth-order valence-electron chi connectivity index (χ4n) is 2.46. The number of aryl methyl sites for hydroxylation is 2. The van der Waals surface area contributed by atoms with E-state index in [0.29, 0.717) is 18.1 Å². The van der Waals surface area contributed by atoms with Gasteiger partial charge in [0.15, 0.2) is 5.82 Å². The highest BCUT2D eigenvalue weighted by molar-refractivity contribution is 5.66. The first-order valence-electron chi connectivity index (χ1n) is 7.32. The van der Waals surface area contributed by atoms with Crippen molar-refractivity contribution in [2.24, 2.45) is 0 Å². The van der Waals surface area contributed by atoms with Crippen LogP contribution < -0.4 is 0 Å². The van der Waals surface area contributed by atoms with Gasteiger partial charge in [0.05, 0.1) is 0 Å². The molecule has 0 radical (unpaired) electrons. The van der Waals surface area contributed by atoms with E-state index in [4.69, 9.17) is 4.52 Å². The molecule has 0 aliphatic carbocycles. The number of aromatic nitrogens is 2. The molecule has 0 unspecified atom stereocenters. The van der Waals surface area contributed by atoms with Crippen molar-refractivity contribution >= 4 is 12.2 Å². The molecule has 0 atom stereocenters. The van der Waals surface area contributed by atoms with Gasteiger partial charge in [-0.1, -0.05) is 64.8 Å². The SMILES string of the molecule is Cc1cc(C)cc(/C=C/c2nc(Cc3ccccc3)no2)c1. The number of hydrogen-bond acceptors (Lipinski definition) is 3. The molecule has 3 heteroatoms. The van der Waals surface area contributed by atoms with Crippen LogP contribution in [0.3, 0.4) is 0 Å². The lowest BCUT2D eigenvalue weighted by atomic mass is 10.1. The number of hydrogen-bond donors (Lipinski definition) is 0. The second-order valence-corrected chi connectivity index (χ2v) is 5.47. The summed E-state index contributed by atoms with van der Waals surface area (Å²) >= 11 is 0. The van der Waals surface area contributed by atoms with Crippen LogP contribution in [-0.4, -0.2) is 10.1 Å². The van der Waals surface area contributed by atoms with Gasteiger partial charge in [0.1, 0.15) is 0 Å². The van der Waals surface area contributed by atoms with Gasteiger partial charge >= 0.3 is 0 Å². The van der Waals surface area contributed by atoms with Crippen LogP contribution in [0.2, 0.25) is 0 Å². The van der Waals surface area contributed by atoms with Gasteiger partial charge in [-0.05, 0) is 31.1 Å². The third-order valence-electron chi connectivity index (χ3n) is 3.35. The van der Waals surface area contributed by atoms with Crippen LogP contribution in [0.1, 0.15) is 34.0 Å². The van der Waals surface area contributed by atoms with E-state index in [-0.39, 0.29) is 0 Å². The summed E-state index contributed by atoms with van der Waals surface area (Å²) in [7, 11) is 0. The lowest BCUT2D eigenvalue weighted by Crippen LogP contribution is -1.89. The lowest BCUT2D eigenvalue weighted by molar-refractivity contribution is 0.404. The number of rotatable bonds is 4. The fourth-order valence-corrected chi connectivity index (χ4v) is 2.46. The first-order valence-corrected chi connectivity index (χ1v) is 7.32. The van der Waals surface area contributed by atoms with Gasteiger partial charge in [0, 0.05) is 12.5 Å². The molecule has 2 aromatic carbocycles. The van der Waals surface area contributed by atoms with Gasteiger partial charge in [-0.3, -0.25) is 0 Å². The number of benzene rings is 2. The summed E-state index contributed by atoms with van der Waals surface area (Å²) in [4.78, 5) is 4.40. The van der Waals surface area contributed by atoms with Gasteiger partial charge in [-0.15, -0.1) is 0 Å². The van der Waals surface area contributed by atoms with E-state index >= 15 is 0 Å². The van der Waals surface area contributed by atoms with Gasteiger partial charge < -0.3 is 4.52 Å². The molecular formula is C19H18N2O. The Morgan fingerprint density at radius 3 is 2.41 bits per heavy atom. The Balaban J connectivity index is 1.72. The standard InChI is InChI=1S/C19H18N2O/c1-14-10-15(2)12-17(11-14)8-9-19-20-18(21-22-19)13-16-6-4-3-5-7-16/h3-12H,13H2,1-2H3/b9-8+. The van der Waals surface area contributed by atoms with Crippen molar-refractivity contribution in [2.45, 2.75) is 20.3 Å². The van der Waals surface area contributed by atoms with Gasteiger partial charge in [0.25, 0.3) is 5.89 Å². The van der Waals surface area contributed by atoms with E-state index < -0.39 is 0 Å². The monoisotopic (exact) mass is 290 g/mol. The fraction of sp³-hybridized carbons (Fsp3) is 0.158. The maximum absolute atomic E-state index is 5.27. The first-order chi connectivity index (χ1) is 10.7. The second kappa shape index (κ2) is 6.39. The van der Waals surface area contributed by atoms with Crippen LogP contribution in [0.15, 0.2) is 53.1 Å². The van der Waals surface area contributed by atoms with E-state index in [1.165, 1.54) is 16.7 Å². The predicted octanol–water partition coefficient (Wildman–Crippen LogP) is 4.45. The summed E-state index contributed by atoms with van der Waals surface area (Å²) in [6.07, 6.45) is 4.54. The Morgan fingerprint density at radius 2 is 1.68 bits per heavy atom. The minimum atomic E-state index is 0.532. The second-order valence-electron chi connectivity index (χ2n) is 5.47. The molecule has 3 rings (SSSR count). The zero-order valence-electron chi connectivity index (χ0n) is 12.8. The smallest absolute Gasteiger partial charge is 0.250 e. The molecule has 0 fully saturated rings. The van der Waals surface area contributed by atoms with Crippen molar-refractivity contribution in [1.29, 1.82) is 0 Å². The summed E-state index contributed by atoms with van der Waals surface area (Å²) in [6.45, 7) is 4.18. The van der Waals surface area contributed by atoms with E-state index in [9.17, 15) is 0 Å². The minimum Gasteiger partial charge on any atom is -0.335 e. The zero-order valence-corrected chi connectivity index (χ0v) is 12.8. The molecule has 3 nitrogen and oxygen atoms in total. The van der Waals surface area contributed by atoms with Crippen LogP contribution in [0.4, 0.5) is 0 Å². The molecule has 110 valence electrons. The van der Waals surface area contributed by atoms with E-state index in [1.54, 1.807) is 0 Å². The molecule has 0 saturated heterocycles. The summed E-state index contributed by atoms with van der Waals surface area (Å²) in [5, 5.41) is 4.02. The molecule has 0 bridgehead atoms. The van der Waals surface area contributed by atoms with E-state index in [2.05, 4.69) is 54.3 Å². The quantitative estimate of drug-likeness (QED) is 0.712. The largest absolute Gasteiger partial charge is 0.335 e. The van der Waals surface area contributed by atoms with Crippen LogP contribution in [0.25, 0.3) is 12.2 Å². The highest BCUT2D eigenvalue weighted by Crippen LogP contribution is 2.13. The average Bonchev–Trinajstić information content (AvgIpc) is 2.93. The summed E-state index contributed by atoms with van der Waals surface area (Å²) in [5.74, 6) is 1.23. The maximum Gasteiger partial charge on any atom is 0.250 e. The highest BCUT2D eigenvalue weighted by Gasteiger charge is 2.04. The Kier molecular flexibility index (Phi) is 4.15. The van der Waals surface area contributed by atoms with Gasteiger partial charge in [-0.25, -0.2) is 0 Å². The summed E-state index contributed by atoms with van der Waals surface area (Å²) < 4.78 is 5.27. The molecule has 0 aliphatic heterocycles. The molecule has 0 aliphatic rings. The molecular weight excluding hydrogens is 272 g/mol. The Bertz CT molecular complexity index is 768. The minimum absolute atomic E-state index is 0.532. The topological polar surface area (TPSA) is 38.9 Å². The molecule has 1 heterocycles. The molecule has 0 amide bonds. The Hall–Kier alpha value is -2.68. The maximum atomic E-state index is 5.27. The van der Waals surface area contributed by atoms with Crippen molar-refractivity contribution in [2.75, 3.05) is 0 Å². The lowest BCUT2D eigenvalue weighted by Gasteiger charge is -1.98. The summed E-state index contributed by atoms with van der Waals surface area (Å²) in [5.41, 5.74) is 4.80. The summed E-state index contributed by atoms with van der Waals surface area (Å²) in [6, 6.07) is 16.5. The third kappa shape index (κ3) is 3.70. The first kappa shape index (κ1) is 14.3. The van der Waals surface area contributed by atoms with Crippen molar-refractivity contribution in [3.05, 3.63) is 82.5 Å².